The summed E-state index contributed by atoms with van der Waals surface area (Å²) in [5.74, 6) is -0.341. The Bertz CT molecular complexity index is 578. The summed E-state index contributed by atoms with van der Waals surface area (Å²) in [5, 5.41) is 3.36. The van der Waals surface area contributed by atoms with Crippen molar-refractivity contribution in [2.75, 3.05) is 14.1 Å². The largest absolute Gasteiger partial charge is 0.313 e. The third-order valence-corrected chi connectivity index (χ3v) is 4.70. The van der Waals surface area contributed by atoms with E-state index in [0.717, 1.165) is 17.5 Å². The molecule has 4 heteroatoms. The van der Waals surface area contributed by atoms with Crippen LogP contribution in [0, 0.1) is 5.41 Å². The molecule has 0 bridgehead atoms. The van der Waals surface area contributed by atoms with Gasteiger partial charge in [-0.05, 0) is 36.1 Å². The number of amides is 2. The summed E-state index contributed by atoms with van der Waals surface area (Å²) in [6.07, 6.45) is 1.33. The average molecular weight is 288 g/mol. The second kappa shape index (κ2) is 5.60. The van der Waals surface area contributed by atoms with E-state index in [2.05, 4.69) is 26.1 Å². The summed E-state index contributed by atoms with van der Waals surface area (Å²) in [5.41, 5.74) is 2.67. The van der Waals surface area contributed by atoms with Gasteiger partial charge in [0.15, 0.2) is 0 Å². The number of carbonyl (C=O) groups is 2. The van der Waals surface area contributed by atoms with Crippen molar-refractivity contribution in [3.8, 4) is 0 Å². The second-order valence-electron chi connectivity index (χ2n) is 6.42. The molecule has 4 nitrogen and oxygen atoms in total. The minimum Gasteiger partial charge on any atom is -0.313 e. The number of imide groups is 1. The van der Waals surface area contributed by atoms with E-state index in [-0.39, 0.29) is 23.3 Å². The summed E-state index contributed by atoms with van der Waals surface area (Å²) >= 11 is 0. The number of carbonyl (C=O) groups excluding carboxylic acids is 2. The molecule has 1 N–H and O–H groups in total. The molecular formula is C17H24N2O2. The van der Waals surface area contributed by atoms with Gasteiger partial charge in [-0.2, -0.15) is 0 Å². The molecule has 1 aromatic carbocycles. The maximum absolute atomic E-state index is 12.3. The predicted octanol–water partition coefficient (Wildman–Crippen LogP) is 2.54. The average Bonchev–Trinajstić information content (AvgIpc) is 2.46. The fourth-order valence-electron chi connectivity index (χ4n) is 2.92. The molecule has 0 fully saturated rings. The molecule has 0 saturated carbocycles. The van der Waals surface area contributed by atoms with Gasteiger partial charge < -0.3 is 5.32 Å². The van der Waals surface area contributed by atoms with Crippen LogP contribution in [0.4, 0.5) is 0 Å². The Morgan fingerprint density at radius 3 is 2.57 bits per heavy atom. The molecule has 0 aromatic heterocycles. The first-order valence-electron chi connectivity index (χ1n) is 7.42. The van der Waals surface area contributed by atoms with Crippen molar-refractivity contribution in [3.63, 3.8) is 0 Å². The number of hydrogen-bond donors (Lipinski definition) is 1. The smallest absolute Gasteiger partial charge is 0.260 e. The number of nitrogens with one attached hydrogen (secondary N) is 1. The lowest BCUT2D eigenvalue weighted by atomic mass is 9.77. The van der Waals surface area contributed by atoms with Gasteiger partial charge in [-0.3, -0.25) is 14.5 Å². The van der Waals surface area contributed by atoms with Gasteiger partial charge in [0.2, 0.25) is 5.91 Å². The van der Waals surface area contributed by atoms with E-state index in [9.17, 15) is 9.59 Å². The highest BCUT2D eigenvalue weighted by Gasteiger charge is 2.32. The van der Waals surface area contributed by atoms with E-state index in [4.69, 9.17) is 0 Å². The van der Waals surface area contributed by atoms with Crippen LogP contribution in [0.1, 0.15) is 54.7 Å². The summed E-state index contributed by atoms with van der Waals surface area (Å²) in [4.78, 5) is 25.2. The van der Waals surface area contributed by atoms with Crippen LogP contribution in [0.15, 0.2) is 18.2 Å². The summed E-state index contributed by atoms with van der Waals surface area (Å²) < 4.78 is 0. The van der Waals surface area contributed by atoms with Crippen molar-refractivity contribution >= 4 is 11.8 Å². The quantitative estimate of drug-likeness (QED) is 0.866. The third-order valence-electron chi connectivity index (χ3n) is 4.70. The molecule has 0 saturated heterocycles. The first-order chi connectivity index (χ1) is 9.81. The van der Waals surface area contributed by atoms with Crippen LogP contribution in [0.5, 0.6) is 0 Å². The zero-order valence-corrected chi connectivity index (χ0v) is 13.5. The Balaban J connectivity index is 2.46. The van der Waals surface area contributed by atoms with Crippen molar-refractivity contribution in [3.05, 3.63) is 34.9 Å². The highest BCUT2D eigenvalue weighted by atomic mass is 16.2. The zero-order valence-electron chi connectivity index (χ0n) is 13.5. The summed E-state index contributed by atoms with van der Waals surface area (Å²) in [7, 11) is 3.49. The van der Waals surface area contributed by atoms with Crippen molar-refractivity contribution in [1.29, 1.82) is 0 Å². The third kappa shape index (κ3) is 2.72. The SMILES string of the molecule is CCC(C)(C)C(NC)c1ccc2c(c1)C(=O)N(C)C(=O)C2. The molecular weight excluding hydrogens is 264 g/mol. The van der Waals surface area contributed by atoms with E-state index in [1.165, 1.54) is 4.90 Å². The number of likely N-dealkylation sites (N-methyl/N-ethyl adjacent to an activating group) is 1. The molecule has 21 heavy (non-hydrogen) atoms. The van der Waals surface area contributed by atoms with E-state index >= 15 is 0 Å². The minimum absolute atomic E-state index is 0.0857. The number of hydrogen-bond acceptors (Lipinski definition) is 3. The molecule has 1 aliphatic heterocycles. The van der Waals surface area contributed by atoms with E-state index < -0.39 is 0 Å². The fraction of sp³-hybridized carbons (Fsp3) is 0.529. The monoisotopic (exact) mass is 288 g/mol. The van der Waals surface area contributed by atoms with E-state index in [1.807, 2.05) is 25.2 Å². The Labute approximate surface area is 126 Å². The topological polar surface area (TPSA) is 49.4 Å². The fourth-order valence-corrected chi connectivity index (χ4v) is 2.92. The normalized spacial score (nSPS) is 16.9. The van der Waals surface area contributed by atoms with Crippen LogP contribution < -0.4 is 5.32 Å². The maximum atomic E-state index is 12.3. The Morgan fingerprint density at radius 1 is 1.33 bits per heavy atom. The van der Waals surface area contributed by atoms with Crippen LogP contribution in [-0.4, -0.2) is 30.8 Å². The molecule has 2 rings (SSSR count). The standard InChI is InChI=1S/C17H24N2O2/c1-6-17(2,3)15(18-4)12-8-7-11-10-14(20)19(5)16(21)13(11)9-12/h7-9,15,18H,6,10H2,1-5H3. The second-order valence-corrected chi connectivity index (χ2v) is 6.42. The highest BCUT2D eigenvalue weighted by molar-refractivity contribution is 6.09. The Kier molecular flexibility index (Phi) is 4.19. The van der Waals surface area contributed by atoms with Gasteiger partial charge in [-0.15, -0.1) is 0 Å². The first-order valence-corrected chi connectivity index (χ1v) is 7.42. The summed E-state index contributed by atoms with van der Waals surface area (Å²) in [6, 6.07) is 6.06. The van der Waals surface area contributed by atoms with Crippen molar-refractivity contribution < 1.29 is 9.59 Å². The molecule has 1 atom stereocenters. The Hall–Kier alpha value is -1.68. The van der Waals surface area contributed by atoms with Gasteiger partial charge in [-0.1, -0.05) is 32.9 Å². The molecule has 0 aliphatic carbocycles. The molecule has 2 amide bonds. The molecule has 1 aliphatic rings. The molecule has 1 unspecified atom stereocenters. The first kappa shape index (κ1) is 15.7. The number of fused-ring (bicyclic) bond motifs is 1. The predicted molar refractivity (Wildman–Crippen MR) is 83.1 cm³/mol. The molecule has 114 valence electrons. The number of nitrogens with zero attached hydrogens (tertiary/aromatic N) is 1. The van der Waals surface area contributed by atoms with Crippen molar-refractivity contribution in [2.45, 2.75) is 39.7 Å². The molecule has 1 aromatic rings. The molecule has 0 spiro atoms. The lowest BCUT2D eigenvalue weighted by Gasteiger charge is -2.34. The summed E-state index contributed by atoms with van der Waals surface area (Å²) in [6.45, 7) is 6.59. The minimum atomic E-state index is -0.202. The maximum Gasteiger partial charge on any atom is 0.260 e. The zero-order chi connectivity index (χ0) is 15.8. The van der Waals surface area contributed by atoms with Gasteiger partial charge in [-0.25, -0.2) is 0 Å². The van der Waals surface area contributed by atoms with Crippen molar-refractivity contribution in [1.82, 2.24) is 10.2 Å². The van der Waals surface area contributed by atoms with Gasteiger partial charge in [0, 0.05) is 18.7 Å². The van der Waals surface area contributed by atoms with E-state index in [0.29, 0.717) is 12.0 Å². The molecule has 0 radical (unpaired) electrons. The number of rotatable bonds is 4. The lowest BCUT2D eigenvalue weighted by molar-refractivity contribution is -0.127. The van der Waals surface area contributed by atoms with Crippen LogP contribution >= 0.6 is 0 Å². The van der Waals surface area contributed by atoms with Gasteiger partial charge in [0.25, 0.3) is 5.91 Å². The van der Waals surface area contributed by atoms with Gasteiger partial charge >= 0.3 is 0 Å². The highest BCUT2D eigenvalue weighted by Crippen LogP contribution is 2.37. The van der Waals surface area contributed by atoms with Crippen LogP contribution in [0.2, 0.25) is 0 Å². The number of benzene rings is 1. The van der Waals surface area contributed by atoms with E-state index in [1.54, 1.807) is 7.05 Å². The van der Waals surface area contributed by atoms with Gasteiger partial charge in [0.1, 0.15) is 0 Å². The van der Waals surface area contributed by atoms with Crippen molar-refractivity contribution in [2.24, 2.45) is 5.41 Å². The van der Waals surface area contributed by atoms with Crippen LogP contribution in [0.3, 0.4) is 0 Å². The van der Waals surface area contributed by atoms with Crippen LogP contribution in [-0.2, 0) is 11.2 Å². The Morgan fingerprint density at radius 2 is 2.00 bits per heavy atom. The lowest BCUT2D eigenvalue weighted by Crippen LogP contribution is -2.39. The molecule has 1 heterocycles. The van der Waals surface area contributed by atoms with Crippen LogP contribution in [0.25, 0.3) is 0 Å². The van der Waals surface area contributed by atoms with Gasteiger partial charge in [0.05, 0.1) is 6.42 Å².